The molecule has 0 aliphatic carbocycles. The Bertz CT molecular complexity index is 623. The minimum atomic E-state index is -1.11. The molecule has 1 heterocycles. The molecule has 8 heteroatoms. The van der Waals surface area contributed by atoms with Gasteiger partial charge < -0.3 is 15.3 Å². The molecule has 1 aliphatic heterocycles. The highest BCUT2D eigenvalue weighted by Gasteiger charge is 2.34. The number of carboxylic acids is 1. The number of benzene rings is 1. The lowest BCUT2D eigenvalue weighted by Crippen LogP contribution is -2.48. The fourth-order valence-electron chi connectivity index (χ4n) is 2.47. The Morgan fingerprint density at radius 1 is 1.38 bits per heavy atom. The lowest BCUT2D eigenvalue weighted by molar-refractivity contribution is -0.140. The molecule has 1 saturated heterocycles. The Hall–Kier alpha value is -2.09. The summed E-state index contributed by atoms with van der Waals surface area (Å²) < 4.78 is 13.0. The average molecular weight is 354 g/mol. The van der Waals surface area contributed by atoms with Gasteiger partial charge in [-0.1, -0.05) is 19.1 Å². The summed E-state index contributed by atoms with van der Waals surface area (Å²) in [6.07, 6.45) is 0.317. The van der Waals surface area contributed by atoms with Crippen molar-refractivity contribution in [2.24, 2.45) is 0 Å². The van der Waals surface area contributed by atoms with Crippen LogP contribution in [0.3, 0.4) is 0 Å². The van der Waals surface area contributed by atoms with Crippen molar-refractivity contribution in [1.82, 2.24) is 10.2 Å². The highest BCUT2D eigenvalue weighted by Crippen LogP contribution is 2.22. The molecular formula is C16H19FN2O4S. The highest BCUT2D eigenvalue weighted by molar-refractivity contribution is 7.99. The van der Waals surface area contributed by atoms with Crippen LogP contribution in [0.1, 0.15) is 24.8 Å². The lowest BCUT2D eigenvalue weighted by atomic mass is 9.99. The zero-order chi connectivity index (χ0) is 17.7. The van der Waals surface area contributed by atoms with E-state index < -0.39 is 23.7 Å². The van der Waals surface area contributed by atoms with E-state index in [0.29, 0.717) is 23.6 Å². The van der Waals surface area contributed by atoms with Crippen molar-refractivity contribution >= 4 is 29.5 Å². The minimum absolute atomic E-state index is 0.103. The molecular weight excluding hydrogens is 335 g/mol. The van der Waals surface area contributed by atoms with Gasteiger partial charge in [-0.25, -0.2) is 4.39 Å². The van der Waals surface area contributed by atoms with Gasteiger partial charge in [0.25, 0.3) is 0 Å². The van der Waals surface area contributed by atoms with E-state index >= 15 is 0 Å². The van der Waals surface area contributed by atoms with Gasteiger partial charge in [-0.05, 0) is 17.7 Å². The fraction of sp³-hybridized carbons (Fsp3) is 0.438. The third-order valence-corrected chi connectivity index (χ3v) is 4.87. The molecule has 0 bridgehead atoms. The van der Waals surface area contributed by atoms with Crippen LogP contribution in [0.4, 0.5) is 4.39 Å². The van der Waals surface area contributed by atoms with Crippen molar-refractivity contribution in [2.45, 2.75) is 25.3 Å². The summed E-state index contributed by atoms with van der Waals surface area (Å²) in [5, 5.41) is 11.9. The maximum Gasteiger partial charge on any atom is 0.312 e. The maximum absolute atomic E-state index is 13.0. The second kappa shape index (κ2) is 8.14. The lowest BCUT2D eigenvalue weighted by Gasteiger charge is -2.23. The van der Waals surface area contributed by atoms with Gasteiger partial charge >= 0.3 is 5.97 Å². The highest BCUT2D eigenvalue weighted by atomic mass is 32.2. The molecule has 24 heavy (non-hydrogen) atoms. The number of thioether (sulfide) groups is 1. The number of amides is 2. The van der Waals surface area contributed by atoms with E-state index in [-0.39, 0.29) is 18.4 Å². The van der Waals surface area contributed by atoms with Crippen molar-refractivity contribution in [2.75, 3.05) is 18.2 Å². The van der Waals surface area contributed by atoms with Gasteiger partial charge in [-0.3, -0.25) is 14.4 Å². The zero-order valence-electron chi connectivity index (χ0n) is 13.2. The first kappa shape index (κ1) is 18.3. The number of nitrogens with zero attached hydrogens (tertiary/aromatic N) is 1. The van der Waals surface area contributed by atoms with Gasteiger partial charge in [-0.2, -0.15) is 0 Å². The van der Waals surface area contributed by atoms with Crippen molar-refractivity contribution < 1.29 is 23.9 Å². The SMILES string of the molecule is CCC(=O)N1CSCC1C(=O)NCC(C(=O)O)c1ccc(F)cc1. The molecule has 2 rings (SSSR count). The van der Waals surface area contributed by atoms with Gasteiger partial charge in [0.2, 0.25) is 11.8 Å². The monoisotopic (exact) mass is 354 g/mol. The number of nitrogens with one attached hydrogen (secondary N) is 1. The normalized spacial score (nSPS) is 18.2. The first-order valence-corrected chi connectivity index (χ1v) is 8.72. The average Bonchev–Trinajstić information content (AvgIpc) is 3.05. The Morgan fingerprint density at radius 3 is 2.62 bits per heavy atom. The Labute approximate surface area is 143 Å². The van der Waals surface area contributed by atoms with Crippen LogP contribution in [0, 0.1) is 5.82 Å². The largest absolute Gasteiger partial charge is 0.481 e. The summed E-state index contributed by atoms with van der Waals surface area (Å²) in [7, 11) is 0. The third-order valence-electron chi connectivity index (χ3n) is 3.86. The second-order valence-electron chi connectivity index (χ2n) is 5.42. The molecule has 1 fully saturated rings. The van der Waals surface area contributed by atoms with E-state index in [0.717, 1.165) is 0 Å². The first-order chi connectivity index (χ1) is 11.4. The number of rotatable bonds is 6. The van der Waals surface area contributed by atoms with Crippen LogP contribution in [0.2, 0.25) is 0 Å². The van der Waals surface area contributed by atoms with E-state index in [1.54, 1.807) is 6.92 Å². The van der Waals surface area contributed by atoms with Crippen LogP contribution >= 0.6 is 11.8 Å². The summed E-state index contributed by atoms with van der Waals surface area (Å²) in [6.45, 7) is 1.62. The number of carbonyl (C=O) groups excluding carboxylic acids is 2. The summed E-state index contributed by atoms with van der Waals surface area (Å²) in [5.74, 6) is -2.05. The van der Waals surface area contributed by atoms with Crippen molar-refractivity contribution in [3.8, 4) is 0 Å². The standard InChI is InChI=1S/C16H19FN2O4S/c1-2-14(20)19-9-24-8-13(19)15(21)18-7-12(16(22)23)10-3-5-11(17)6-4-10/h3-6,12-13H,2,7-9H2,1H3,(H,18,21)(H,22,23). The topological polar surface area (TPSA) is 86.7 Å². The molecule has 0 aromatic heterocycles. The molecule has 2 unspecified atom stereocenters. The molecule has 0 radical (unpaired) electrons. The van der Waals surface area contributed by atoms with E-state index in [4.69, 9.17) is 0 Å². The molecule has 1 aromatic rings. The predicted octanol–water partition coefficient (Wildman–Crippen LogP) is 1.42. The van der Waals surface area contributed by atoms with E-state index in [1.807, 2.05) is 0 Å². The maximum atomic E-state index is 13.0. The number of halogens is 1. The summed E-state index contributed by atoms with van der Waals surface area (Å²) in [4.78, 5) is 37.1. The van der Waals surface area contributed by atoms with Crippen LogP contribution in [0.15, 0.2) is 24.3 Å². The molecule has 6 nitrogen and oxygen atoms in total. The van der Waals surface area contributed by atoms with Crippen LogP contribution in [-0.4, -0.2) is 52.0 Å². The second-order valence-corrected chi connectivity index (χ2v) is 6.42. The molecule has 0 spiro atoms. The summed E-state index contributed by atoms with van der Waals surface area (Å²) in [6, 6.07) is 4.56. The third kappa shape index (κ3) is 4.25. The smallest absolute Gasteiger partial charge is 0.312 e. The molecule has 130 valence electrons. The quantitative estimate of drug-likeness (QED) is 0.807. The Balaban J connectivity index is 2.01. The number of carbonyl (C=O) groups is 3. The van der Waals surface area contributed by atoms with Crippen LogP contribution < -0.4 is 5.32 Å². The Morgan fingerprint density at radius 2 is 2.04 bits per heavy atom. The molecule has 2 amide bonds. The van der Waals surface area contributed by atoms with E-state index in [2.05, 4.69) is 5.32 Å². The van der Waals surface area contributed by atoms with Gasteiger partial charge in [0.15, 0.2) is 0 Å². The Kier molecular flexibility index (Phi) is 6.19. The number of aliphatic carboxylic acids is 1. The first-order valence-electron chi connectivity index (χ1n) is 7.57. The number of hydrogen-bond donors (Lipinski definition) is 2. The van der Waals surface area contributed by atoms with E-state index in [1.165, 1.54) is 40.9 Å². The number of carboxylic acid groups (broad SMARTS) is 1. The van der Waals surface area contributed by atoms with Crippen LogP contribution in [0.5, 0.6) is 0 Å². The molecule has 0 saturated carbocycles. The van der Waals surface area contributed by atoms with Gasteiger partial charge in [-0.15, -0.1) is 11.8 Å². The van der Waals surface area contributed by atoms with E-state index in [9.17, 15) is 23.9 Å². The molecule has 2 atom stereocenters. The minimum Gasteiger partial charge on any atom is -0.481 e. The zero-order valence-corrected chi connectivity index (χ0v) is 14.0. The van der Waals surface area contributed by atoms with Crippen molar-refractivity contribution in [3.63, 3.8) is 0 Å². The predicted molar refractivity (Wildman–Crippen MR) is 88.0 cm³/mol. The van der Waals surface area contributed by atoms with Crippen molar-refractivity contribution in [1.29, 1.82) is 0 Å². The van der Waals surface area contributed by atoms with Crippen LogP contribution in [-0.2, 0) is 14.4 Å². The fourth-order valence-corrected chi connectivity index (χ4v) is 3.65. The summed E-state index contributed by atoms with van der Waals surface area (Å²) >= 11 is 1.49. The van der Waals surface area contributed by atoms with Gasteiger partial charge in [0.1, 0.15) is 11.9 Å². The number of hydrogen-bond acceptors (Lipinski definition) is 4. The van der Waals surface area contributed by atoms with Crippen LogP contribution in [0.25, 0.3) is 0 Å². The molecule has 1 aliphatic rings. The van der Waals surface area contributed by atoms with Gasteiger partial charge in [0.05, 0.1) is 11.8 Å². The van der Waals surface area contributed by atoms with Crippen molar-refractivity contribution in [3.05, 3.63) is 35.6 Å². The summed E-state index contributed by atoms with van der Waals surface area (Å²) in [5.41, 5.74) is 0.409. The van der Waals surface area contributed by atoms with Gasteiger partial charge in [0, 0.05) is 18.7 Å². The molecule has 1 aromatic carbocycles. The molecule has 2 N–H and O–H groups in total.